The molecule has 0 saturated carbocycles. The van der Waals surface area contributed by atoms with Gasteiger partial charge in [-0.3, -0.25) is 18.7 Å². The Morgan fingerprint density at radius 2 is 2.06 bits per heavy atom. The van der Waals surface area contributed by atoms with E-state index in [2.05, 4.69) is 0 Å². The van der Waals surface area contributed by atoms with Gasteiger partial charge in [0.15, 0.2) is 0 Å². The highest BCUT2D eigenvalue weighted by Crippen LogP contribution is 2.20. The van der Waals surface area contributed by atoms with Crippen LogP contribution in [-0.2, 0) is 18.4 Å². The second-order valence-corrected chi connectivity index (χ2v) is 5.21. The number of hydrogen-bond acceptors (Lipinski definition) is 4. The number of Topliss-reactive ketones (excluding diaryl/α,β-unsaturated/α-hetero) is 1. The lowest BCUT2D eigenvalue weighted by Gasteiger charge is -2.07. The highest BCUT2D eigenvalue weighted by molar-refractivity contribution is 7.17. The molecule has 0 saturated heterocycles. The molecule has 2 heterocycles. The molecule has 2 aromatic heterocycles. The molecule has 6 heteroatoms. The van der Waals surface area contributed by atoms with Gasteiger partial charge in [0.05, 0.1) is 5.39 Å². The van der Waals surface area contributed by atoms with E-state index < -0.39 is 0 Å². The second kappa shape index (κ2) is 4.53. The Balaban J connectivity index is 2.73. The fourth-order valence-corrected chi connectivity index (χ4v) is 2.90. The first-order valence-electron chi connectivity index (χ1n) is 5.60. The number of hydrogen-bond donors (Lipinski definition) is 0. The van der Waals surface area contributed by atoms with E-state index in [1.54, 1.807) is 7.05 Å². The van der Waals surface area contributed by atoms with E-state index in [0.717, 1.165) is 10.1 Å². The van der Waals surface area contributed by atoms with Crippen LogP contribution in [0.2, 0.25) is 0 Å². The van der Waals surface area contributed by atoms with E-state index in [4.69, 9.17) is 0 Å². The summed E-state index contributed by atoms with van der Waals surface area (Å²) in [6.07, 6.45) is 0.198. The maximum Gasteiger partial charge on any atom is 0.331 e. The average Bonchev–Trinajstić information content (AvgIpc) is 2.68. The lowest BCUT2D eigenvalue weighted by molar-refractivity contribution is -0.117. The molecule has 0 aliphatic carbocycles. The number of fused-ring (bicyclic) bond motifs is 1. The van der Waals surface area contributed by atoms with Crippen molar-refractivity contribution in [2.24, 2.45) is 7.05 Å². The van der Waals surface area contributed by atoms with E-state index in [0.29, 0.717) is 10.2 Å². The number of carbonyl (C=O) groups excluding carboxylic acids is 1. The quantitative estimate of drug-likeness (QED) is 0.834. The number of nitrogens with zero attached hydrogens (tertiary/aromatic N) is 2. The Kier molecular flexibility index (Phi) is 3.21. The molecule has 0 amide bonds. The Bertz CT molecular complexity index is 736. The molecule has 0 fully saturated rings. The van der Waals surface area contributed by atoms with E-state index in [1.165, 1.54) is 22.8 Å². The molecule has 0 spiro atoms. The fraction of sp³-hybridized carbons (Fsp3) is 0.417. The second-order valence-electron chi connectivity index (χ2n) is 4.35. The molecular formula is C12H14N2O3S. The van der Waals surface area contributed by atoms with E-state index in [9.17, 15) is 14.4 Å². The number of aryl methyl sites for hydroxylation is 2. The van der Waals surface area contributed by atoms with Crippen molar-refractivity contribution in [2.75, 3.05) is 0 Å². The summed E-state index contributed by atoms with van der Waals surface area (Å²) in [7, 11) is 1.64. The van der Waals surface area contributed by atoms with Crippen molar-refractivity contribution < 1.29 is 4.79 Å². The number of ketones is 1. The number of rotatable bonds is 3. The lowest BCUT2D eigenvalue weighted by atomic mass is 10.2. The van der Waals surface area contributed by atoms with Gasteiger partial charge in [0.1, 0.15) is 10.6 Å². The summed E-state index contributed by atoms with van der Waals surface area (Å²) in [4.78, 5) is 36.0. The first kappa shape index (κ1) is 12.8. The van der Waals surface area contributed by atoms with Crippen LogP contribution in [0, 0.1) is 6.92 Å². The van der Waals surface area contributed by atoms with Crippen molar-refractivity contribution in [3.8, 4) is 0 Å². The summed E-state index contributed by atoms with van der Waals surface area (Å²) in [6.45, 7) is 3.44. The standard InChI is InChI=1S/C12H14N2O3S/c1-7-6-18-11-9(7)10(16)14(5-4-8(2)15)12(17)13(11)3/h6H,4-5H2,1-3H3. The topological polar surface area (TPSA) is 61.1 Å². The smallest absolute Gasteiger partial charge is 0.300 e. The molecule has 0 unspecified atom stereocenters. The summed E-state index contributed by atoms with van der Waals surface area (Å²) in [5.41, 5.74) is 0.205. The van der Waals surface area contributed by atoms with Gasteiger partial charge >= 0.3 is 5.69 Å². The fourth-order valence-electron chi connectivity index (χ4n) is 1.89. The van der Waals surface area contributed by atoms with E-state index >= 15 is 0 Å². The summed E-state index contributed by atoms with van der Waals surface area (Å²) in [5, 5.41) is 2.44. The van der Waals surface area contributed by atoms with Crippen LogP contribution in [0.5, 0.6) is 0 Å². The SMILES string of the molecule is CC(=O)CCn1c(=O)c2c(C)csc2n(C)c1=O. The molecule has 5 nitrogen and oxygen atoms in total. The third kappa shape index (κ3) is 1.92. The molecular weight excluding hydrogens is 252 g/mol. The van der Waals surface area contributed by atoms with Crippen LogP contribution < -0.4 is 11.2 Å². The molecule has 0 N–H and O–H groups in total. The van der Waals surface area contributed by atoms with Gasteiger partial charge in [0.2, 0.25) is 0 Å². The Labute approximate surface area is 107 Å². The van der Waals surface area contributed by atoms with E-state index in [1.807, 2.05) is 12.3 Å². The van der Waals surface area contributed by atoms with E-state index in [-0.39, 0.29) is 30.0 Å². The highest BCUT2D eigenvalue weighted by atomic mass is 32.1. The lowest BCUT2D eigenvalue weighted by Crippen LogP contribution is -2.39. The monoisotopic (exact) mass is 266 g/mol. The summed E-state index contributed by atoms with van der Waals surface area (Å²) >= 11 is 1.38. The van der Waals surface area contributed by atoms with Crippen LogP contribution in [0.1, 0.15) is 18.9 Å². The van der Waals surface area contributed by atoms with Gasteiger partial charge in [-0.2, -0.15) is 0 Å². The van der Waals surface area contributed by atoms with Gasteiger partial charge < -0.3 is 0 Å². The molecule has 0 atom stereocenters. The minimum Gasteiger partial charge on any atom is -0.300 e. The molecule has 2 aromatic rings. The molecule has 18 heavy (non-hydrogen) atoms. The van der Waals surface area contributed by atoms with Gasteiger partial charge in [0.25, 0.3) is 5.56 Å². The van der Waals surface area contributed by atoms with Crippen molar-refractivity contribution in [2.45, 2.75) is 26.8 Å². The minimum absolute atomic E-state index is 0.0360. The van der Waals surface area contributed by atoms with Crippen molar-refractivity contribution in [3.63, 3.8) is 0 Å². The molecule has 96 valence electrons. The van der Waals surface area contributed by atoms with Gasteiger partial charge in [0, 0.05) is 20.0 Å². The van der Waals surface area contributed by atoms with Crippen LogP contribution in [0.25, 0.3) is 10.2 Å². The molecule has 2 rings (SSSR count). The third-order valence-corrected chi connectivity index (χ3v) is 4.10. The Hall–Kier alpha value is -1.69. The van der Waals surface area contributed by atoms with Crippen LogP contribution in [0.3, 0.4) is 0 Å². The third-order valence-electron chi connectivity index (χ3n) is 2.92. The maximum atomic E-state index is 12.2. The molecule has 0 aromatic carbocycles. The zero-order valence-electron chi connectivity index (χ0n) is 10.5. The minimum atomic E-state index is -0.365. The normalized spacial score (nSPS) is 11.1. The Morgan fingerprint density at radius 1 is 1.39 bits per heavy atom. The highest BCUT2D eigenvalue weighted by Gasteiger charge is 2.14. The van der Waals surface area contributed by atoms with Gasteiger partial charge in [-0.25, -0.2) is 4.79 Å². The summed E-state index contributed by atoms with van der Waals surface area (Å²) in [5.74, 6) is -0.0360. The van der Waals surface area contributed by atoms with Crippen LogP contribution >= 0.6 is 11.3 Å². The van der Waals surface area contributed by atoms with Crippen LogP contribution in [-0.4, -0.2) is 14.9 Å². The number of thiophene rings is 1. The summed E-state index contributed by atoms with van der Waals surface area (Å²) in [6, 6.07) is 0. The first-order valence-corrected chi connectivity index (χ1v) is 6.48. The maximum absolute atomic E-state index is 12.2. The average molecular weight is 266 g/mol. The Morgan fingerprint density at radius 3 is 2.67 bits per heavy atom. The van der Waals surface area contributed by atoms with Gasteiger partial charge in [-0.05, 0) is 24.8 Å². The van der Waals surface area contributed by atoms with Crippen LogP contribution in [0.15, 0.2) is 15.0 Å². The van der Waals surface area contributed by atoms with Gasteiger partial charge in [-0.1, -0.05) is 0 Å². The molecule has 0 radical (unpaired) electrons. The van der Waals surface area contributed by atoms with Gasteiger partial charge in [-0.15, -0.1) is 11.3 Å². The molecule has 0 aliphatic rings. The van der Waals surface area contributed by atoms with Crippen molar-refractivity contribution in [1.82, 2.24) is 9.13 Å². The largest absolute Gasteiger partial charge is 0.331 e. The predicted octanol–water partition coefficient (Wildman–Crippen LogP) is 1.05. The summed E-state index contributed by atoms with van der Waals surface area (Å²) < 4.78 is 2.61. The number of carbonyl (C=O) groups is 1. The van der Waals surface area contributed by atoms with Crippen molar-refractivity contribution in [1.29, 1.82) is 0 Å². The molecule has 0 bridgehead atoms. The number of aromatic nitrogens is 2. The zero-order chi connectivity index (χ0) is 13.4. The predicted molar refractivity (Wildman–Crippen MR) is 71.4 cm³/mol. The van der Waals surface area contributed by atoms with Crippen molar-refractivity contribution >= 4 is 27.3 Å². The molecule has 0 aliphatic heterocycles. The zero-order valence-corrected chi connectivity index (χ0v) is 11.3. The van der Waals surface area contributed by atoms with Crippen LogP contribution in [0.4, 0.5) is 0 Å². The first-order chi connectivity index (χ1) is 8.43. The van der Waals surface area contributed by atoms with Crippen molar-refractivity contribution in [3.05, 3.63) is 31.8 Å².